The van der Waals surface area contributed by atoms with Crippen LogP contribution < -0.4 is 0 Å². The number of carbonyl (C=O) groups excluding carboxylic acids is 1. The smallest absolute Gasteiger partial charge is 0.167 e. The van der Waals surface area contributed by atoms with Crippen LogP contribution in [0.1, 0.15) is 49.3 Å². The molecule has 3 heteroatoms. The maximum Gasteiger partial charge on any atom is 0.167 e. The minimum absolute atomic E-state index is 0.116. The highest BCUT2D eigenvalue weighted by atomic mass is 32.2. The molecular formula is C19H24O2S. The van der Waals surface area contributed by atoms with Crippen LogP contribution in [0, 0.1) is 19.8 Å². The zero-order valence-electron chi connectivity index (χ0n) is 13.6. The van der Waals surface area contributed by atoms with Crippen molar-refractivity contribution in [3.05, 3.63) is 40.6 Å². The van der Waals surface area contributed by atoms with E-state index in [1.165, 1.54) is 12.8 Å². The fourth-order valence-electron chi connectivity index (χ4n) is 3.66. The number of ketones is 1. The second-order valence-corrected chi connectivity index (χ2v) is 8.35. The lowest BCUT2D eigenvalue weighted by atomic mass is 9.80. The number of thioether (sulfide) groups is 1. The third kappa shape index (κ3) is 2.71. The molecule has 1 fully saturated rings. The normalized spacial score (nSPS) is 23.8. The molecule has 0 amide bonds. The van der Waals surface area contributed by atoms with Crippen LogP contribution in [-0.2, 0) is 4.79 Å². The van der Waals surface area contributed by atoms with E-state index in [4.69, 9.17) is 0 Å². The van der Waals surface area contributed by atoms with E-state index in [1.54, 1.807) is 0 Å². The van der Waals surface area contributed by atoms with Gasteiger partial charge in [0.25, 0.3) is 0 Å². The van der Waals surface area contributed by atoms with Gasteiger partial charge in [0.05, 0.1) is 5.57 Å². The Morgan fingerprint density at radius 3 is 2.59 bits per heavy atom. The Hall–Kier alpha value is -1.22. The molecule has 2 aliphatic carbocycles. The molecule has 118 valence electrons. The van der Waals surface area contributed by atoms with Gasteiger partial charge < -0.3 is 5.11 Å². The number of hydrogen-bond donors (Lipinski definition) is 1. The molecule has 2 aliphatic rings. The summed E-state index contributed by atoms with van der Waals surface area (Å²) in [5.41, 5.74) is 3.66. The molecule has 0 radical (unpaired) electrons. The first-order chi connectivity index (χ1) is 10.5. The van der Waals surface area contributed by atoms with Crippen molar-refractivity contribution in [1.82, 2.24) is 0 Å². The van der Waals surface area contributed by atoms with Crippen molar-refractivity contribution in [2.24, 2.45) is 5.92 Å². The van der Waals surface area contributed by atoms with Gasteiger partial charge in [-0.1, -0.05) is 30.7 Å². The van der Waals surface area contributed by atoms with Gasteiger partial charge in [-0.15, -0.1) is 0 Å². The van der Waals surface area contributed by atoms with E-state index in [-0.39, 0.29) is 10.5 Å². The lowest BCUT2D eigenvalue weighted by Crippen LogP contribution is -2.28. The highest BCUT2D eigenvalue weighted by Crippen LogP contribution is 2.58. The van der Waals surface area contributed by atoms with Crippen molar-refractivity contribution in [3.8, 4) is 0 Å². The predicted octanol–water partition coefficient (Wildman–Crippen LogP) is 4.84. The van der Waals surface area contributed by atoms with Gasteiger partial charge in [-0.25, -0.2) is 0 Å². The topological polar surface area (TPSA) is 37.3 Å². The van der Waals surface area contributed by atoms with Crippen LogP contribution in [0.3, 0.4) is 0 Å². The monoisotopic (exact) mass is 316 g/mol. The number of aliphatic hydroxyl groups is 1. The van der Waals surface area contributed by atoms with Crippen LogP contribution in [0.25, 0.3) is 5.57 Å². The van der Waals surface area contributed by atoms with Crippen molar-refractivity contribution < 1.29 is 9.90 Å². The van der Waals surface area contributed by atoms with Gasteiger partial charge in [-0.05, 0) is 49.5 Å². The molecule has 0 aliphatic heterocycles. The summed E-state index contributed by atoms with van der Waals surface area (Å²) in [6.07, 6.45) is 3.62. The van der Waals surface area contributed by atoms with E-state index in [1.807, 2.05) is 43.8 Å². The summed E-state index contributed by atoms with van der Waals surface area (Å²) in [6, 6.07) is 6.09. The first kappa shape index (κ1) is 15.7. The van der Waals surface area contributed by atoms with Crippen LogP contribution >= 0.6 is 11.8 Å². The molecule has 0 aromatic heterocycles. The summed E-state index contributed by atoms with van der Waals surface area (Å²) in [4.78, 5) is 12.7. The highest BCUT2D eigenvalue weighted by Gasteiger charge is 2.51. The van der Waals surface area contributed by atoms with Gasteiger partial charge in [0.2, 0.25) is 0 Å². The van der Waals surface area contributed by atoms with E-state index in [0.717, 1.165) is 22.4 Å². The number of benzene rings is 1. The molecule has 1 atom stereocenters. The number of Topliss-reactive ketones (excluding diaryl/α,β-unsaturated/α-hetero) is 1. The number of rotatable bonds is 4. The van der Waals surface area contributed by atoms with Crippen molar-refractivity contribution in [2.75, 3.05) is 5.75 Å². The Kier molecular flexibility index (Phi) is 4.11. The summed E-state index contributed by atoms with van der Waals surface area (Å²) in [5.74, 6) is 1.81. The zero-order valence-corrected chi connectivity index (χ0v) is 14.4. The molecule has 0 saturated heterocycles. The molecule has 1 saturated carbocycles. The first-order valence-corrected chi connectivity index (χ1v) is 9.12. The standard InChI is InChI=1S/C19H24O2S/c1-4-22-19(7-8-19)14-10-16(20)18(17(21)11-14)15-9-12(2)5-6-13(15)3/h5-6,9,14,20H,4,7-8,10-11H2,1-3H3. The number of aryl methyl sites for hydroxylation is 2. The van der Waals surface area contributed by atoms with Crippen molar-refractivity contribution in [2.45, 2.75) is 51.2 Å². The van der Waals surface area contributed by atoms with E-state index in [9.17, 15) is 9.90 Å². The summed E-state index contributed by atoms with van der Waals surface area (Å²) >= 11 is 1.97. The Bertz CT molecular complexity index is 641. The largest absolute Gasteiger partial charge is 0.512 e. The summed E-state index contributed by atoms with van der Waals surface area (Å²) in [5, 5.41) is 10.6. The van der Waals surface area contributed by atoms with E-state index in [2.05, 4.69) is 6.92 Å². The summed E-state index contributed by atoms with van der Waals surface area (Å²) in [6.45, 7) is 6.20. The highest BCUT2D eigenvalue weighted by molar-refractivity contribution is 8.00. The molecule has 1 unspecified atom stereocenters. The fourth-order valence-corrected chi connectivity index (χ4v) is 5.03. The molecule has 0 heterocycles. The van der Waals surface area contributed by atoms with Gasteiger partial charge in [0, 0.05) is 17.6 Å². The van der Waals surface area contributed by atoms with Crippen molar-refractivity contribution >= 4 is 23.1 Å². The van der Waals surface area contributed by atoms with Crippen molar-refractivity contribution in [3.63, 3.8) is 0 Å². The third-order valence-corrected chi connectivity index (χ3v) is 6.63. The van der Waals surface area contributed by atoms with Gasteiger partial charge in [-0.3, -0.25) is 4.79 Å². The van der Waals surface area contributed by atoms with Crippen molar-refractivity contribution in [1.29, 1.82) is 0 Å². The lowest BCUT2D eigenvalue weighted by molar-refractivity contribution is -0.115. The molecular weight excluding hydrogens is 292 g/mol. The zero-order chi connectivity index (χ0) is 15.9. The number of carbonyl (C=O) groups is 1. The molecule has 1 N–H and O–H groups in total. The molecule has 2 nitrogen and oxygen atoms in total. The van der Waals surface area contributed by atoms with Crippen LogP contribution in [-0.4, -0.2) is 21.4 Å². The van der Waals surface area contributed by atoms with Gasteiger partial charge in [0.15, 0.2) is 5.78 Å². The second-order valence-electron chi connectivity index (χ2n) is 6.67. The molecule has 0 bridgehead atoms. The molecule has 1 aromatic rings. The predicted molar refractivity (Wildman–Crippen MR) is 93.3 cm³/mol. The Balaban J connectivity index is 1.93. The Labute approximate surface area is 137 Å². The second kappa shape index (κ2) is 5.77. The molecule has 1 aromatic carbocycles. The van der Waals surface area contributed by atoms with E-state index < -0.39 is 0 Å². The Morgan fingerprint density at radius 1 is 1.27 bits per heavy atom. The SMILES string of the molecule is CCSC1(C2CC(=O)C(c3cc(C)ccc3C)=C(O)C2)CC1. The van der Waals surface area contributed by atoms with Crippen LogP contribution in [0.2, 0.25) is 0 Å². The summed E-state index contributed by atoms with van der Waals surface area (Å²) < 4.78 is 0.256. The molecule has 0 spiro atoms. The number of allylic oxidation sites excluding steroid dienone is 2. The number of aliphatic hydroxyl groups excluding tert-OH is 1. The van der Waals surface area contributed by atoms with E-state index in [0.29, 0.717) is 30.1 Å². The number of hydrogen-bond acceptors (Lipinski definition) is 3. The molecule has 22 heavy (non-hydrogen) atoms. The maximum atomic E-state index is 12.7. The average molecular weight is 316 g/mol. The van der Waals surface area contributed by atoms with Gasteiger partial charge in [0.1, 0.15) is 5.76 Å². The molecule has 3 rings (SSSR count). The minimum atomic E-state index is 0.116. The fraction of sp³-hybridized carbons (Fsp3) is 0.526. The quantitative estimate of drug-likeness (QED) is 0.864. The lowest BCUT2D eigenvalue weighted by Gasteiger charge is -2.30. The minimum Gasteiger partial charge on any atom is -0.512 e. The van der Waals surface area contributed by atoms with Crippen LogP contribution in [0.5, 0.6) is 0 Å². The van der Waals surface area contributed by atoms with Crippen LogP contribution in [0.4, 0.5) is 0 Å². The maximum absolute atomic E-state index is 12.7. The average Bonchev–Trinajstić information content (AvgIpc) is 3.23. The first-order valence-electron chi connectivity index (χ1n) is 8.14. The van der Waals surface area contributed by atoms with E-state index >= 15 is 0 Å². The summed E-state index contributed by atoms with van der Waals surface area (Å²) in [7, 11) is 0. The van der Waals surface area contributed by atoms with Gasteiger partial charge in [-0.2, -0.15) is 11.8 Å². The van der Waals surface area contributed by atoms with Gasteiger partial charge >= 0.3 is 0 Å². The Morgan fingerprint density at radius 2 is 2.00 bits per heavy atom. The third-order valence-electron chi connectivity index (χ3n) is 5.02. The van der Waals surface area contributed by atoms with Crippen LogP contribution in [0.15, 0.2) is 24.0 Å².